The molecule has 0 radical (unpaired) electrons. The zero-order valence-corrected chi connectivity index (χ0v) is 19.2. The molecule has 2 atom stereocenters. The third kappa shape index (κ3) is 5.94. The summed E-state index contributed by atoms with van der Waals surface area (Å²) in [7, 11) is -1.85. The Balaban J connectivity index is 2.07. The third-order valence-corrected chi connectivity index (χ3v) is 11.8. The van der Waals surface area contributed by atoms with Gasteiger partial charge in [-0.05, 0) is 67.6 Å². The second-order valence-corrected chi connectivity index (χ2v) is 15.3. The van der Waals surface area contributed by atoms with Gasteiger partial charge in [-0.1, -0.05) is 65.9 Å². The van der Waals surface area contributed by atoms with E-state index in [1.807, 2.05) is 0 Å². The lowest BCUT2D eigenvalue weighted by Crippen LogP contribution is -2.47. The van der Waals surface area contributed by atoms with Crippen molar-refractivity contribution in [3.05, 3.63) is 12.2 Å². The molecule has 2 aliphatic carbocycles. The molecule has 3 heteroatoms. The van der Waals surface area contributed by atoms with Gasteiger partial charge in [-0.2, -0.15) is 0 Å². The smallest absolute Gasteiger partial charge is 0.192 e. The molecule has 0 saturated heterocycles. The van der Waals surface area contributed by atoms with Crippen molar-refractivity contribution in [2.75, 3.05) is 0 Å². The van der Waals surface area contributed by atoms with Gasteiger partial charge in [0.2, 0.25) is 0 Å². The van der Waals surface area contributed by atoms with Gasteiger partial charge in [-0.15, -0.1) is 0 Å². The summed E-state index contributed by atoms with van der Waals surface area (Å²) >= 11 is 0. The molecule has 26 heavy (non-hydrogen) atoms. The maximum Gasteiger partial charge on any atom is 0.192 e. The minimum Gasteiger partial charge on any atom is -0.410 e. The van der Waals surface area contributed by atoms with Gasteiger partial charge in [-0.25, -0.2) is 0 Å². The SMILES string of the molecule is C=C(C[C@H](O)C1CCCCC1)[C@H](O[Si](C)(C)C(C)(C)C)C1CCCCC1. The molecule has 0 aromatic carbocycles. The number of rotatable bonds is 7. The molecule has 2 nitrogen and oxygen atoms in total. The van der Waals surface area contributed by atoms with Gasteiger partial charge < -0.3 is 9.53 Å². The predicted molar refractivity (Wildman–Crippen MR) is 115 cm³/mol. The molecule has 0 heterocycles. The molecule has 2 saturated carbocycles. The minimum absolute atomic E-state index is 0.148. The normalized spacial score (nSPS) is 23.6. The Bertz CT molecular complexity index is 440. The van der Waals surface area contributed by atoms with E-state index in [1.165, 1.54) is 69.8 Å². The monoisotopic (exact) mass is 380 g/mol. The van der Waals surface area contributed by atoms with E-state index in [0.717, 1.165) is 6.42 Å². The fourth-order valence-corrected chi connectivity index (χ4v) is 5.86. The lowest BCUT2D eigenvalue weighted by Gasteiger charge is -2.43. The molecule has 0 amide bonds. The third-order valence-electron chi connectivity index (χ3n) is 7.37. The van der Waals surface area contributed by atoms with Crippen LogP contribution in [0.25, 0.3) is 0 Å². The van der Waals surface area contributed by atoms with Crippen LogP contribution < -0.4 is 0 Å². The first kappa shape index (κ1) is 22.2. The van der Waals surface area contributed by atoms with Crippen molar-refractivity contribution in [2.45, 2.75) is 122 Å². The van der Waals surface area contributed by atoms with E-state index in [-0.39, 0.29) is 17.2 Å². The van der Waals surface area contributed by atoms with E-state index >= 15 is 0 Å². The Morgan fingerprint density at radius 1 is 0.962 bits per heavy atom. The average molecular weight is 381 g/mol. The molecule has 0 bridgehead atoms. The quantitative estimate of drug-likeness (QED) is 0.387. The highest BCUT2D eigenvalue weighted by Gasteiger charge is 2.42. The molecular formula is C23H44O2Si. The second-order valence-electron chi connectivity index (χ2n) is 10.5. The molecule has 152 valence electrons. The first-order valence-electron chi connectivity index (χ1n) is 11.2. The Labute approximate surface area is 163 Å². The fourth-order valence-electron chi connectivity index (χ4n) is 4.51. The summed E-state index contributed by atoms with van der Waals surface area (Å²) in [6, 6.07) is 0. The molecule has 0 aliphatic heterocycles. The van der Waals surface area contributed by atoms with Crippen molar-refractivity contribution in [3.8, 4) is 0 Å². The van der Waals surface area contributed by atoms with Crippen LogP contribution in [0.4, 0.5) is 0 Å². The summed E-state index contributed by atoms with van der Waals surface area (Å²) in [5.41, 5.74) is 1.17. The molecular weight excluding hydrogens is 336 g/mol. The van der Waals surface area contributed by atoms with Crippen LogP contribution >= 0.6 is 0 Å². The van der Waals surface area contributed by atoms with Crippen molar-refractivity contribution in [2.24, 2.45) is 11.8 Å². The highest BCUT2D eigenvalue weighted by atomic mass is 28.4. The summed E-state index contributed by atoms with van der Waals surface area (Å²) in [5.74, 6) is 1.07. The summed E-state index contributed by atoms with van der Waals surface area (Å²) < 4.78 is 6.92. The number of aliphatic hydroxyl groups excluding tert-OH is 1. The van der Waals surface area contributed by atoms with E-state index in [9.17, 15) is 5.11 Å². The van der Waals surface area contributed by atoms with E-state index < -0.39 is 8.32 Å². The van der Waals surface area contributed by atoms with Crippen LogP contribution in [0.5, 0.6) is 0 Å². The van der Waals surface area contributed by atoms with E-state index in [2.05, 4.69) is 40.4 Å². The number of aliphatic hydroxyl groups is 1. The van der Waals surface area contributed by atoms with Crippen LogP contribution in [0.3, 0.4) is 0 Å². The Hall–Kier alpha value is -0.123. The highest BCUT2D eigenvalue weighted by molar-refractivity contribution is 6.74. The molecule has 0 unspecified atom stereocenters. The molecule has 2 rings (SSSR count). The predicted octanol–water partition coefficient (Wildman–Crippen LogP) is 6.84. The van der Waals surface area contributed by atoms with Crippen LogP contribution in [0.2, 0.25) is 18.1 Å². The largest absolute Gasteiger partial charge is 0.410 e. The highest BCUT2D eigenvalue weighted by Crippen LogP contribution is 2.42. The second kappa shape index (κ2) is 9.38. The molecule has 0 spiro atoms. The van der Waals surface area contributed by atoms with Crippen LogP contribution in [0.1, 0.15) is 91.4 Å². The summed E-state index contributed by atoms with van der Waals surface area (Å²) in [4.78, 5) is 0. The van der Waals surface area contributed by atoms with Crippen LogP contribution in [0.15, 0.2) is 12.2 Å². The maximum atomic E-state index is 10.8. The Morgan fingerprint density at radius 3 is 1.88 bits per heavy atom. The van der Waals surface area contributed by atoms with Crippen LogP contribution in [0, 0.1) is 11.8 Å². The average Bonchev–Trinajstić information content (AvgIpc) is 2.60. The van der Waals surface area contributed by atoms with Crippen molar-refractivity contribution in [3.63, 3.8) is 0 Å². The van der Waals surface area contributed by atoms with Crippen molar-refractivity contribution in [1.29, 1.82) is 0 Å². The van der Waals surface area contributed by atoms with E-state index in [1.54, 1.807) is 0 Å². The summed E-state index contributed by atoms with van der Waals surface area (Å²) in [6.45, 7) is 16.1. The van der Waals surface area contributed by atoms with Gasteiger partial charge in [0.25, 0.3) is 0 Å². The Kier molecular flexibility index (Phi) is 8.00. The molecule has 0 aromatic rings. The Morgan fingerprint density at radius 2 is 1.42 bits per heavy atom. The standard InChI is InChI=1S/C23H44O2Si/c1-18(17-21(24)19-13-9-7-10-14-19)22(20-15-11-8-12-16-20)25-26(5,6)23(2,3)4/h19-22,24H,1,7-17H2,2-6H3/t21-,22-/m0/s1. The van der Waals surface area contributed by atoms with E-state index in [0.29, 0.717) is 11.8 Å². The van der Waals surface area contributed by atoms with Gasteiger partial charge in [0, 0.05) is 0 Å². The molecule has 0 aromatic heterocycles. The first-order valence-corrected chi connectivity index (χ1v) is 14.1. The maximum absolute atomic E-state index is 10.8. The van der Waals surface area contributed by atoms with Crippen molar-refractivity contribution in [1.82, 2.24) is 0 Å². The van der Waals surface area contributed by atoms with Crippen molar-refractivity contribution >= 4 is 8.32 Å². The molecule has 2 fully saturated rings. The fraction of sp³-hybridized carbons (Fsp3) is 0.913. The van der Waals surface area contributed by atoms with Gasteiger partial charge >= 0.3 is 0 Å². The lowest BCUT2D eigenvalue weighted by atomic mass is 9.79. The van der Waals surface area contributed by atoms with Crippen molar-refractivity contribution < 1.29 is 9.53 Å². The zero-order chi connectivity index (χ0) is 19.4. The van der Waals surface area contributed by atoms with Gasteiger partial charge in [0.1, 0.15) is 0 Å². The molecule has 2 aliphatic rings. The van der Waals surface area contributed by atoms with Gasteiger partial charge in [0.15, 0.2) is 8.32 Å². The summed E-state index contributed by atoms with van der Waals surface area (Å²) in [6.07, 6.45) is 13.4. The van der Waals surface area contributed by atoms with Gasteiger partial charge in [-0.3, -0.25) is 0 Å². The first-order chi connectivity index (χ1) is 12.1. The van der Waals surface area contributed by atoms with E-state index in [4.69, 9.17) is 4.43 Å². The lowest BCUT2D eigenvalue weighted by molar-refractivity contribution is 0.0682. The topological polar surface area (TPSA) is 29.5 Å². The van der Waals surface area contributed by atoms with Crippen LogP contribution in [-0.2, 0) is 4.43 Å². The van der Waals surface area contributed by atoms with Crippen LogP contribution in [-0.4, -0.2) is 25.6 Å². The summed E-state index contributed by atoms with van der Waals surface area (Å²) in [5, 5.41) is 11.1. The number of hydrogen-bond acceptors (Lipinski definition) is 2. The number of hydrogen-bond donors (Lipinski definition) is 1. The van der Waals surface area contributed by atoms with Gasteiger partial charge in [0.05, 0.1) is 12.2 Å². The molecule has 1 N–H and O–H groups in total. The zero-order valence-electron chi connectivity index (χ0n) is 18.2. The minimum atomic E-state index is -1.85.